The molecule has 0 bridgehead atoms. The second-order valence-corrected chi connectivity index (χ2v) is 2.91. The summed E-state index contributed by atoms with van der Waals surface area (Å²) in [5.74, 6) is 0.153. The first-order valence-electron chi connectivity index (χ1n) is 4.71. The maximum Gasteiger partial charge on any atom is 0.234 e. The zero-order valence-electron chi connectivity index (χ0n) is 8.55. The van der Waals surface area contributed by atoms with Crippen LogP contribution in [0.5, 0.6) is 0 Å². The quantitative estimate of drug-likeness (QED) is 0.636. The number of carbonyl (C=O) groups is 1. The molecule has 12 heavy (non-hydrogen) atoms. The van der Waals surface area contributed by atoms with Crippen LogP contribution in [0.4, 0.5) is 0 Å². The van der Waals surface area contributed by atoms with Gasteiger partial charge >= 0.3 is 0 Å². The van der Waals surface area contributed by atoms with Gasteiger partial charge in [-0.1, -0.05) is 13.8 Å². The van der Waals surface area contributed by atoms with Crippen molar-refractivity contribution in [3.8, 4) is 0 Å². The van der Waals surface area contributed by atoms with Crippen molar-refractivity contribution in [3.05, 3.63) is 0 Å². The van der Waals surface area contributed by atoms with Gasteiger partial charge in [-0.15, -0.1) is 0 Å². The SMILES string of the molecule is CC.CC(C)N1CCNC(=O)C1. The molecule has 0 aliphatic carbocycles. The van der Waals surface area contributed by atoms with Gasteiger partial charge in [0.25, 0.3) is 0 Å². The molecular weight excluding hydrogens is 152 g/mol. The van der Waals surface area contributed by atoms with E-state index in [1.807, 2.05) is 13.8 Å². The maximum absolute atomic E-state index is 10.8. The van der Waals surface area contributed by atoms with Crippen molar-refractivity contribution in [2.24, 2.45) is 0 Å². The lowest BCUT2D eigenvalue weighted by Gasteiger charge is -2.29. The molecule has 1 amide bonds. The standard InChI is InChI=1S/C7H14N2O.C2H6/c1-6(2)9-4-3-8-7(10)5-9;1-2/h6H,3-5H2,1-2H3,(H,8,10);1-2H3. The predicted molar refractivity (Wildman–Crippen MR) is 51.1 cm³/mol. The number of amides is 1. The Kier molecular flexibility index (Phi) is 5.72. The van der Waals surface area contributed by atoms with Gasteiger partial charge < -0.3 is 5.32 Å². The fraction of sp³-hybridized carbons (Fsp3) is 0.889. The molecule has 0 aromatic carbocycles. The lowest BCUT2D eigenvalue weighted by Crippen LogP contribution is -2.50. The summed E-state index contributed by atoms with van der Waals surface area (Å²) in [6.45, 7) is 10.6. The summed E-state index contributed by atoms with van der Waals surface area (Å²) in [5.41, 5.74) is 0. The van der Waals surface area contributed by atoms with Gasteiger partial charge in [-0.25, -0.2) is 0 Å². The van der Waals surface area contributed by atoms with E-state index in [1.54, 1.807) is 0 Å². The Balaban J connectivity index is 0.000000561. The van der Waals surface area contributed by atoms with E-state index >= 15 is 0 Å². The van der Waals surface area contributed by atoms with E-state index in [1.165, 1.54) is 0 Å². The zero-order chi connectivity index (χ0) is 9.56. The van der Waals surface area contributed by atoms with Crippen molar-refractivity contribution in [2.45, 2.75) is 33.7 Å². The van der Waals surface area contributed by atoms with Gasteiger partial charge in [-0.2, -0.15) is 0 Å². The molecule has 1 aliphatic rings. The molecule has 0 aromatic rings. The van der Waals surface area contributed by atoms with Gasteiger partial charge in [0.15, 0.2) is 0 Å². The van der Waals surface area contributed by atoms with Crippen molar-refractivity contribution in [3.63, 3.8) is 0 Å². The Morgan fingerprint density at radius 2 is 2.00 bits per heavy atom. The molecule has 3 nitrogen and oxygen atoms in total. The van der Waals surface area contributed by atoms with Crippen molar-refractivity contribution in [1.82, 2.24) is 10.2 Å². The van der Waals surface area contributed by atoms with Gasteiger partial charge in [0.05, 0.1) is 6.54 Å². The van der Waals surface area contributed by atoms with E-state index in [-0.39, 0.29) is 5.91 Å². The van der Waals surface area contributed by atoms with Gasteiger partial charge in [0.1, 0.15) is 0 Å². The van der Waals surface area contributed by atoms with Crippen LogP contribution in [0.2, 0.25) is 0 Å². The molecule has 0 spiro atoms. The first kappa shape index (κ1) is 11.4. The van der Waals surface area contributed by atoms with Crippen LogP contribution in [0.3, 0.4) is 0 Å². The van der Waals surface area contributed by atoms with E-state index in [0.29, 0.717) is 12.6 Å². The molecule has 0 saturated carbocycles. The second kappa shape index (κ2) is 6.00. The van der Waals surface area contributed by atoms with Crippen molar-refractivity contribution in [1.29, 1.82) is 0 Å². The normalized spacial score (nSPS) is 18.2. The van der Waals surface area contributed by atoms with E-state index < -0.39 is 0 Å². The predicted octanol–water partition coefficient (Wildman–Crippen LogP) is 0.853. The third-order valence-electron chi connectivity index (χ3n) is 1.80. The van der Waals surface area contributed by atoms with Gasteiger partial charge in [-0.05, 0) is 13.8 Å². The number of piperazine rings is 1. The molecule has 3 heteroatoms. The lowest BCUT2D eigenvalue weighted by atomic mass is 10.2. The number of carbonyl (C=O) groups excluding carboxylic acids is 1. The van der Waals surface area contributed by atoms with Crippen LogP contribution in [0.15, 0.2) is 0 Å². The Labute approximate surface area is 75.1 Å². The van der Waals surface area contributed by atoms with Crippen molar-refractivity contribution in [2.75, 3.05) is 19.6 Å². The number of nitrogens with one attached hydrogen (secondary N) is 1. The van der Waals surface area contributed by atoms with Crippen LogP contribution >= 0.6 is 0 Å². The summed E-state index contributed by atoms with van der Waals surface area (Å²) in [6, 6.07) is 0.492. The maximum atomic E-state index is 10.8. The summed E-state index contributed by atoms with van der Waals surface area (Å²) >= 11 is 0. The Hall–Kier alpha value is -0.570. The monoisotopic (exact) mass is 172 g/mol. The van der Waals surface area contributed by atoms with E-state index in [4.69, 9.17) is 0 Å². The third-order valence-corrected chi connectivity index (χ3v) is 1.80. The smallest absolute Gasteiger partial charge is 0.234 e. The molecular formula is C9H20N2O. The zero-order valence-corrected chi connectivity index (χ0v) is 8.55. The third kappa shape index (κ3) is 3.72. The highest BCUT2D eigenvalue weighted by molar-refractivity contribution is 5.78. The summed E-state index contributed by atoms with van der Waals surface area (Å²) in [4.78, 5) is 13.0. The molecule has 0 radical (unpaired) electrons. The topological polar surface area (TPSA) is 32.3 Å². The number of hydrogen-bond acceptors (Lipinski definition) is 2. The molecule has 1 rings (SSSR count). The average molecular weight is 172 g/mol. The van der Waals surface area contributed by atoms with Crippen LogP contribution in [-0.4, -0.2) is 36.5 Å². The minimum atomic E-state index is 0.153. The minimum absolute atomic E-state index is 0.153. The molecule has 1 fully saturated rings. The van der Waals surface area contributed by atoms with Crippen LogP contribution in [0.25, 0.3) is 0 Å². The molecule has 72 valence electrons. The number of nitrogens with zero attached hydrogens (tertiary/aromatic N) is 1. The first-order valence-corrected chi connectivity index (χ1v) is 4.71. The highest BCUT2D eigenvalue weighted by atomic mass is 16.2. The molecule has 1 saturated heterocycles. The van der Waals surface area contributed by atoms with Crippen LogP contribution in [0, 0.1) is 0 Å². The Morgan fingerprint density at radius 1 is 1.42 bits per heavy atom. The fourth-order valence-electron chi connectivity index (χ4n) is 1.10. The summed E-state index contributed by atoms with van der Waals surface area (Å²) in [6.07, 6.45) is 0. The lowest BCUT2D eigenvalue weighted by molar-refractivity contribution is -0.124. The molecule has 1 N–H and O–H groups in total. The Morgan fingerprint density at radius 3 is 2.33 bits per heavy atom. The van der Waals surface area contributed by atoms with E-state index in [9.17, 15) is 4.79 Å². The second-order valence-electron chi connectivity index (χ2n) is 2.91. The van der Waals surface area contributed by atoms with E-state index in [2.05, 4.69) is 24.1 Å². The fourth-order valence-corrected chi connectivity index (χ4v) is 1.10. The first-order chi connectivity index (χ1) is 5.70. The molecule has 0 atom stereocenters. The summed E-state index contributed by atoms with van der Waals surface area (Å²) in [7, 11) is 0. The molecule has 1 aliphatic heterocycles. The largest absolute Gasteiger partial charge is 0.354 e. The van der Waals surface area contributed by atoms with Gasteiger partial charge in [0, 0.05) is 19.1 Å². The molecule has 1 heterocycles. The number of hydrogen-bond donors (Lipinski definition) is 1. The molecule has 0 unspecified atom stereocenters. The summed E-state index contributed by atoms with van der Waals surface area (Å²) < 4.78 is 0. The highest BCUT2D eigenvalue weighted by Crippen LogP contribution is 1.98. The summed E-state index contributed by atoms with van der Waals surface area (Å²) in [5, 5.41) is 2.79. The van der Waals surface area contributed by atoms with Gasteiger partial charge in [0.2, 0.25) is 5.91 Å². The minimum Gasteiger partial charge on any atom is -0.354 e. The van der Waals surface area contributed by atoms with Crippen molar-refractivity contribution >= 4 is 5.91 Å². The van der Waals surface area contributed by atoms with Crippen LogP contribution in [-0.2, 0) is 4.79 Å². The van der Waals surface area contributed by atoms with Crippen LogP contribution in [0.1, 0.15) is 27.7 Å². The highest BCUT2D eigenvalue weighted by Gasteiger charge is 2.17. The van der Waals surface area contributed by atoms with Crippen molar-refractivity contribution < 1.29 is 4.79 Å². The number of rotatable bonds is 1. The van der Waals surface area contributed by atoms with Gasteiger partial charge in [-0.3, -0.25) is 9.69 Å². The molecule has 0 aromatic heterocycles. The van der Waals surface area contributed by atoms with Crippen LogP contribution < -0.4 is 5.32 Å². The Bertz CT molecular complexity index is 134. The average Bonchev–Trinajstić information content (AvgIpc) is 2.08. The van der Waals surface area contributed by atoms with E-state index in [0.717, 1.165) is 13.1 Å².